The molecule has 0 radical (unpaired) electrons. The summed E-state index contributed by atoms with van der Waals surface area (Å²) in [6.45, 7) is 0.132. The third-order valence-corrected chi connectivity index (χ3v) is 4.46. The Kier molecular flexibility index (Phi) is 4.69. The lowest BCUT2D eigenvalue weighted by Gasteiger charge is -2.29. The van der Waals surface area contributed by atoms with Gasteiger partial charge in [0.25, 0.3) is 5.91 Å². The summed E-state index contributed by atoms with van der Waals surface area (Å²) < 4.78 is 11.2. The van der Waals surface area contributed by atoms with Gasteiger partial charge in [0.05, 0.1) is 5.92 Å². The van der Waals surface area contributed by atoms with E-state index in [1.807, 2.05) is 12.1 Å². The molecule has 6 heteroatoms. The maximum Gasteiger partial charge on any atom is 0.308 e. The lowest BCUT2D eigenvalue weighted by atomic mass is 9.94. The van der Waals surface area contributed by atoms with E-state index in [1.54, 1.807) is 12.1 Å². The van der Waals surface area contributed by atoms with E-state index < -0.39 is 18.0 Å². The number of hydrogen-bond donors (Lipinski definition) is 2. The monoisotopic (exact) mass is 319 g/mol. The van der Waals surface area contributed by atoms with Gasteiger partial charge in [-0.15, -0.1) is 0 Å². The average Bonchev–Trinajstić information content (AvgIpc) is 2.80. The Morgan fingerprint density at radius 3 is 2.61 bits per heavy atom. The van der Waals surface area contributed by atoms with Crippen LogP contribution in [0.4, 0.5) is 0 Å². The van der Waals surface area contributed by atoms with Gasteiger partial charge < -0.3 is 19.9 Å². The Hall–Kier alpha value is -2.24. The van der Waals surface area contributed by atoms with Crippen molar-refractivity contribution in [2.24, 2.45) is 5.92 Å². The maximum absolute atomic E-state index is 12.4. The molecule has 0 aromatic heterocycles. The topological polar surface area (TPSA) is 84.9 Å². The first kappa shape index (κ1) is 15.6. The molecule has 1 fully saturated rings. The number of rotatable bonds is 3. The zero-order valence-electron chi connectivity index (χ0n) is 12.9. The molecule has 23 heavy (non-hydrogen) atoms. The Balaban J connectivity index is 1.65. The van der Waals surface area contributed by atoms with E-state index in [0.29, 0.717) is 24.3 Å². The summed E-state index contributed by atoms with van der Waals surface area (Å²) >= 11 is 0. The Morgan fingerprint density at radius 2 is 1.83 bits per heavy atom. The first-order valence-electron chi connectivity index (χ1n) is 8.07. The molecule has 1 aromatic rings. The second-order valence-electron chi connectivity index (χ2n) is 6.06. The van der Waals surface area contributed by atoms with Crippen LogP contribution in [0.2, 0.25) is 0 Å². The highest BCUT2D eigenvalue weighted by atomic mass is 16.6. The standard InChI is InChI=1S/C17H21NO5/c19-16(15-10-22-13-8-4-5-9-14(13)23-15)18-12-7-3-1-2-6-11(12)17(20)21/h4-5,8-9,11-12,15H,1-3,6-7,10H2,(H,18,19)(H,20,21)/t11-,12+,15?/m1/s1. The van der Waals surface area contributed by atoms with Gasteiger partial charge in [-0.05, 0) is 25.0 Å². The van der Waals surface area contributed by atoms with E-state index in [4.69, 9.17) is 9.47 Å². The molecule has 1 aliphatic carbocycles. The molecule has 2 aliphatic rings. The van der Waals surface area contributed by atoms with Crippen molar-refractivity contribution < 1.29 is 24.2 Å². The largest absolute Gasteiger partial charge is 0.485 e. The van der Waals surface area contributed by atoms with Crippen molar-refractivity contribution in [3.63, 3.8) is 0 Å². The minimum atomic E-state index is -0.844. The number of carbonyl (C=O) groups excluding carboxylic acids is 1. The molecule has 124 valence electrons. The second-order valence-corrected chi connectivity index (χ2v) is 6.06. The van der Waals surface area contributed by atoms with Crippen molar-refractivity contribution in [3.8, 4) is 11.5 Å². The van der Waals surface area contributed by atoms with Crippen molar-refractivity contribution in [3.05, 3.63) is 24.3 Å². The number of nitrogens with one attached hydrogen (secondary N) is 1. The predicted octanol–water partition coefficient (Wildman–Crippen LogP) is 1.98. The first-order chi connectivity index (χ1) is 11.1. The summed E-state index contributed by atoms with van der Waals surface area (Å²) in [6.07, 6.45) is 3.37. The number of amides is 1. The van der Waals surface area contributed by atoms with E-state index >= 15 is 0 Å². The van der Waals surface area contributed by atoms with Gasteiger partial charge in [-0.2, -0.15) is 0 Å². The van der Waals surface area contributed by atoms with Crippen LogP contribution in [-0.2, 0) is 9.59 Å². The van der Waals surface area contributed by atoms with Gasteiger partial charge in [-0.3, -0.25) is 9.59 Å². The predicted molar refractivity (Wildman–Crippen MR) is 82.5 cm³/mol. The summed E-state index contributed by atoms with van der Waals surface area (Å²) in [6, 6.07) is 6.85. The number of carboxylic acid groups (broad SMARTS) is 1. The van der Waals surface area contributed by atoms with Gasteiger partial charge >= 0.3 is 5.97 Å². The van der Waals surface area contributed by atoms with Crippen LogP contribution >= 0.6 is 0 Å². The number of aliphatic carboxylic acids is 1. The van der Waals surface area contributed by atoms with Crippen LogP contribution in [0.25, 0.3) is 0 Å². The molecule has 0 bridgehead atoms. The Bertz CT molecular complexity index is 588. The quantitative estimate of drug-likeness (QED) is 0.832. The van der Waals surface area contributed by atoms with Gasteiger partial charge in [-0.1, -0.05) is 31.4 Å². The van der Waals surface area contributed by atoms with Crippen LogP contribution in [0.5, 0.6) is 11.5 Å². The summed E-state index contributed by atoms with van der Waals surface area (Å²) in [4.78, 5) is 23.9. The third-order valence-electron chi connectivity index (χ3n) is 4.46. The van der Waals surface area contributed by atoms with Gasteiger partial charge in [0.2, 0.25) is 6.10 Å². The highest BCUT2D eigenvalue weighted by Gasteiger charge is 2.34. The SMILES string of the molecule is O=C(N[C@H]1CCCCC[C@H]1C(=O)O)C1COc2ccccc2O1. The molecule has 3 atom stereocenters. The lowest BCUT2D eigenvalue weighted by Crippen LogP contribution is -2.50. The molecule has 1 aromatic carbocycles. The number of para-hydroxylation sites is 2. The number of carboxylic acids is 1. The third kappa shape index (κ3) is 3.57. The minimum absolute atomic E-state index is 0.132. The molecular weight excluding hydrogens is 298 g/mol. The number of ether oxygens (including phenoxy) is 2. The molecule has 2 N–H and O–H groups in total. The molecule has 0 saturated heterocycles. The summed E-state index contributed by atoms with van der Waals surface area (Å²) in [5, 5.41) is 12.2. The van der Waals surface area contributed by atoms with Crippen LogP contribution in [0, 0.1) is 5.92 Å². The summed E-state index contributed by atoms with van der Waals surface area (Å²) in [5.74, 6) is -0.525. The van der Waals surface area contributed by atoms with Crippen LogP contribution in [-0.4, -0.2) is 35.7 Å². The maximum atomic E-state index is 12.4. The van der Waals surface area contributed by atoms with Gasteiger partial charge in [-0.25, -0.2) is 0 Å². The highest BCUT2D eigenvalue weighted by molar-refractivity contribution is 5.83. The van der Waals surface area contributed by atoms with Gasteiger partial charge in [0, 0.05) is 6.04 Å². The number of fused-ring (bicyclic) bond motifs is 1. The van der Waals surface area contributed by atoms with Crippen molar-refractivity contribution in [2.45, 2.75) is 44.2 Å². The molecule has 1 amide bonds. The van der Waals surface area contributed by atoms with E-state index in [2.05, 4.69) is 5.32 Å². The first-order valence-corrected chi connectivity index (χ1v) is 8.07. The fourth-order valence-corrected chi connectivity index (χ4v) is 3.20. The number of benzene rings is 1. The molecular formula is C17H21NO5. The molecule has 3 rings (SSSR count). The minimum Gasteiger partial charge on any atom is -0.485 e. The van der Waals surface area contributed by atoms with Crippen molar-refractivity contribution in [1.29, 1.82) is 0 Å². The number of carbonyl (C=O) groups is 2. The summed E-state index contributed by atoms with van der Waals surface area (Å²) in [7, 11) is 0. The smallest absolute Gasteiger partial charge is 0.308 e. The van der Waals surface area contributed by atoms with Crippen molar-refractivity contribution >= 4 is 11.9 Å². The fraction of sp³-hybridized carbons (Fsp3) is 0.529. The fourth-order valence-electron chi connectivity index (χ4n) is 3.20. The van der Waals surface area contributed by atoms with Crippen LogP contribution < -0.4 is 14.8 Å². The van der Waals surface area contributed by atoms with E-state index in [1.165, 1.54) is 0 Å². The molecule has 6 nitrogen and oxygen atoms in total. The van der Waals surface area contributed by atoms with E-state index in [-0.39, 0.29) is 18.6 Å². The molecule has 0 spiro atoms. The molecule has 1 heterocycles. The van der Waals surface area contributed by atoms with Crippen molar-refractivity contribution in [1.82, 2.24) is 5.32 Å². The zero-order chi connectivity index (χ0) is 16.2. The number of hydrogen-bond acceptors (Lipinski definition) is 4. The van der Waals surface area contributed by atoms with Crippen LogP contribution in [0.1, 0.15) is 32.1 Å². The summed E-state index contributed by atoms with van der Waals surface area (Å²) in [5.41, 5.74) is 0. The highest BCUT2D eigenvalue weighted by Crippen LogP contribution is 2.31. The van der Waals surface area contributed by atoms with Crippen molar-refractivity contribution in [2.75, 3.05) is 6.61 Å². The average molecular weight is 319 g/mol. The van der Waals surface area contributed by atoms with Gasteiger partial charge in [0.1, 0.15) is 6.61 Å². The molecule has 1 aliphatic heterocycles. The zero-order valence-corrected chi connectivity index (χ0v) is 12.9. The van der Waals surface area contributed by atoms with E-state index in [0.717, 1.165) is 19.3 Å². The lowest BCUT2D eigenvalue weighted by molar-refractivity contribution is -0.143. The molecule has 1 saturated carbocycles. The van der Waals surface area contributed by atoms with Crippen LogP contribution in [0.15, 0.2) is 24.3 Å². The van der Waals surface area contributed by atoms with E-state index in [9.17, 15) is 14.7 Å². The Labute approximate surface area is 134 Å². The van der Waals surface area contributed by atoms with Gasteiger partial charge in [0.15, 0.2) is 11.5 Å². The second kappa shape index (κ2) is 6.89. The normalized spacial score (nSPS) is 26.9. The van der Waals surface area contributed by atoms with Crippen LogP contribution in [0.3, 0.4) is 0 Å². The Morgan fingerprint density at radius 1 is 1.09 bits per heavy atom. The molecule has 1 unspecified atom stereocenters.